The number of hydrogen-bond acceptors (Lipinski definition) is 5. The van der Waals surface area contributed by atoms with Crippen molar-refractivity contribution >= 4 is 10.0 Å². The molecule has 0 saturated carbocycles. The molecule has 0 spiro atoms. The summed E-state index contributed by atoms with van der Waals surface area (Å²) in [6.45, 7) is 3.81. The van der Waals surface area contributed by atoms with Gasteiger partial charge in [-0.2, -0.15) is 0 Å². The molecule has 0 bridgehead atoms. The lowest BCUT2D eigenvalue weighted by molar-refractivity contribution is 0.564. The standard InChI is InChI=1S/C13H17N3O3S/c1-10(2)9-20(17,18)16-8-11-13(15-6-5-14-11)12-4-3-7-19-12/h3-7,10,16H,8-9H2,1-2H3. The Morgan fingerprint density at radius 2 is 2.05 bits per heavy atom. The maximum Gasteiger partial charge on any atom is 0.212 e. The molecule has 0 aromatic carbocycles. The monoisotopic (exact) mass is 295 g/mol. The summed E-state index contributed by atoms with van der Waals surface area (Å²) in [7, 11) is -3.31. The predicted octanol–water partition coefficient (Wildman–Crippen LogP) is 1.81. The number of rotatable bonds is 6. The van der Waals surface area contributed by atoms with Gasteiger partial charge in [0.25, 0.3) is 0 Å². The fourth-order valence-electron chi connectivity index (χ4n) is 1.79. The van der Waals surface area contributed by atoms with Crippen molar-refractivity contribution in [2.45, 2.75) is 20.4 Å². The van der Waals surface area contributed by atoms with Crippen LogP contribution in [0.3, 0.4) is 0 Å². The summed E-state index contributed by atoms with van der Waals surface area (Å²) >= 11 is 0. The zero-order valence-corrected chi connectivity index (χ0v) is 12.2. The van der Waals surface area contributed by atoms with Crippen LogP contribution in [-0.4, -0.2) is 24.1 Å². The molecule has 20 heavy (non-hydrogen) atoms. The SMILES string of the molecule is CC(C)CS(=O)(=O)NCc1nccnc1-c1ccco1. The van der Waals surface area contributed by atoms with Crippen LogP contribution >= 0.6 is 0 Å². The van der Waals surface area contributed by atoms with Crippen LogP contribution in [0.2, 0.25) is 0 Å². The quantitative estimate of drug-likeness (QED) is 0.878. The van der Waals surface area contributed by atoms with E-state index in [9.17, 15) is 8.42 Å². The van der Waals surface area contributed by atoms with Crippen molar-refractivity contribution in [2.75, 3.05) is 5.75 Å². The first-order chi connectivity index (χ1) is 9.48. The largest absolute Gasteiger partial charge is 0.463 e. The molecular formula is C13H17N3O3S. The summed E-state index contributed by atoms with van der Waals surface area (Å²) in [4.78, 5) is 8.36. The first kappa shape index (κ1) is 14.7. The molecule has 0 saturated heterocycles. The van der Waals surface area contributed by atoms with E-state index >= 15 is 0 Å². The van der Waals surface area contributed by atoms with Crippen molar-refractivity contribution in [3.8, 4) is 11.5 Å². The Hall–Kier alpha value is -1.73. The summed E-state index contributed by atoms with van der Waals surface area (Å²) in [6, 6.07) is 3.51. The van der Waals surface area contributed by atoms with Crippen LogP contribution in [0, 0.1) is 5.92 Å². The third-order valence-corrected chi connectivity index (χ3v) is 4.23. The van der Waals surface area contributed by atoms with Gasteiger partial charge in [-0.05, 0) is 18.1 Å². The van der Waals surface area contributed by atoms with E-state index in [-0.39, 0.29) is 18.2 Å². The molecule has 0 unspecified atom stereocenters. The Morgan fingerprint density at radius 3 is 2.70 bits per heavy atom. The van der Waals surface area contributed by atoms with Gasteiger partial charge in [-0.3, -0.25) is 4.98 Å². The summed E-state index contributed by atoms with van der Waals surface area (Å²) in [5, 5.41) is 0. The van der Waals surface area contributed by atoms with Crippen LogP contribution in [-0.2, 0) is 16.6 Å². The first-order valence-electron chi connectivity index (χ1n) is 6.29. The van der Waals surface area contributed by atoms with Gasteiger partial charge in [-0.25, -0.2) is 18.1 Å². The van der Waals surface area contributed by atoms with E-state index in [1.165, 1.54) is 12.5 Å². The Bertz CT molecular complexity index is 651. The lowest BCUT2D eigenvalue weighted by atomic mass is 10.2. The number of nitrogens with zero attached hydrogens (tertiary/aromatic N) is 2. The van der Waals surface area contributed by atoms with E-state index in [2.05, 4.69) is 14.7 Å². The van der Waals surface area contributed by atoms with Gasteiger partial charge in [0.15, 0.2) is 5.76 Å². The molecule has 1 N–H and O–H groups in total. The van der Waals surface area contributed by atoms with Crippen LogP contribution in [0.25, 0.3) is 11.5 Å². The minimum Gasteiger partial charge on any atom is -0.463 e. The van der Waals surface area contributed by atoms with E-state index in [0.717, 1.165) is 0 Å². The fraction of sp³-hybridized carbons (Fsp3) is 0.385. The Kier molecular flexibility index (Phi) is 4.51. The topological polar surface area (TPSA) is 85.1 Å². The third kappa shape index (κ3) is 3.88. The summed E-state index contributed by atoms with van der Waals surface area (Å²) in [5.74, 6) is 0.721. The zero-order chi connectivity index (χ0) is 14.6. The second-order valence-corrected chi connectivity index (χ2v) is 6.68. The van der Waals surface area contributed by atoms with Gasteiger partial charge >= 0.3 is 0 Å². The Labute approximate surface area is 118 Å². The lowest BCUT2D eigenvalue weighted by Gasteiger charge is -2.09. The Morgan fingerprint density at radius 1 is 1.30 bits per heavy atom. The molecule has 2 aromatic heterocycles. The number of hydrogen-bond donors (Lipinski definition) is 1. The molecule has 0 atom stereocenters. The molecule has 7 heteroatoms. The van der Waals surface area contributed by atoms with Crippen molar-refractivity contribution in [2.24, 2.45) is 5.92 Å². The Balaban J connectivity index is 2.15. The normalized spacial score (nSPS) is 11.9. The van der Waals surface area contributed by atoms with E-state index in [4.69, 9.17) is 4.42 Å². The maximum atomic E-state index is 11.8. The van der Waals surface area contributed by atoms with Gasteiger partial charge in [-0.1, -0.05) is 13.8 Å². The molecule has 0 radical (unpaired) electrons. The molecule has 0 aliphatic rings. The van der Waals surface area contributed by atoms with Crippen molar-refractivity contribution in [3.63, 3.8) is 0 Å². The number of sulfonamides is 1. The highest BCUT2D eigenvalue weighted by atomic mass is 32.2. The fourth-order valence-corrected chi connectivity index (χ4v) is 3.14. The van der Waals surface area contributed by atoms with Gasteiger partial charge in [0, 0.05) is 12.4 Å². The molecule has 0 aliphatic carbocycles. The van der Waals surface area contributed by atoms with Crippen molar-refractivity contribution in [1.29, 1.82) is 0 Å². The second-order valence-electron chi connectivity index (χ2n) is 4.83. The molecule has 0 amide bonds. The van der Waals surface area contributed by atoms with Crippen molar-refractivity contribution in [3.05, 3.63) is 36.5 Å². The molecule has 108 valence electrons. The van der Waals surface area contributed by atoms with E-state index < -0.39 is 10.0 Å². The van der Waals surface area contributed by atoms with Gasteiger partial charge < -0.3 is 4.42 Å². The highest BCUT2D eigenvalue weighted by molar-refractivity contribution is 7.89. The number of nitrogens with one attached hydrogen (secondary N) is 1. The molecular weight excluding hydrogens is 278 g/mol. The summed E-state index contributed by atoms with van der Waals surface area (Å²) < 4.78 is 31.5. The van der Waals surface area contributed by atoms with E-state index in [1.54, 1.807) is 18.3 Å². The average molecular weight is 295 g/mol. The number of furan rings is 1. The molecule has 2 aromatic rings. The smallest absolute Gasteiger partial charge is 0.212 e. The molecule has 0 aliphatic heterocycles. The van der Waals surface area contributed by atoms with Crippen molar-refractivity contribution < 1.29 is 12.8 Å². The van der Waals surface area contributed by atoms with Crippen LogP contribution in [0.4, 0.5) is 0 Å². The van der Waals surface area contributed by atoms with Gasteiger partial charge in [0.1, 0.15) is 5.69 Å². The molecule has 6 nitrogen and oxygen atoms in total. The highest BCUT2D eigenvalue weighted by Crippen LogP contribution is 2.19. The average Bonchev–Trinajstić information content (AvgIpc) is 2.89. The number of aromatic nitrogens is 2. The van der Waals surface area contributed by atoms with Crippen LogP contribution < -0.4 is 4.72 Å². The third-order valence-electron chi connectivity index (χ3n) is 2.54. The molecule has 0 fully saturated rings. The van der Waals surface area contributed by atoms with Gasteiger partial charge in [-0.15, -0.1) is 0 Å². The predicted molar refractivity (Wildman–Crippen MR) is 75.2 cm³/mol. The minimum atomic E-state index is -3.31. The summed E-state index contributed by atoms with van der Waals surface area (Å²) in [5.41, 5.74) is 1.08. The van der Waals surface area contributed by atoms with E-state index in [1.807, 2.05) is 13.8 Å². The molecule has 2 rings (SSSR count). The van der Waals surface area contributed by atoms with E-state index in [0.29, 0.717) is 17.1 Å². The maximum absolute atomic E-state index is 11.8. The molecule has 2 heterocycles. The van der Waals surface area contributed by atoms with Crippen molar-refractivity contribution in [1.82, 2.24) is 14.7 Å². The van der Waals surface area contributed by atoms with Crippen LogP contribution in [0.1, 0.15) is 19.5 Å². The van der Waals surface area contributed by atoms with Crippen LogP contribution in [0.5, 0.6) is 0 Å². The van der Waals surface area contributed by atoms with Crippen LogP contribution in [0.15, 0.2) is 35.2 Å². The lowest BCUT2D eigenvalue weighted by Crippen LogP contribution is -2.28. The van der Waals surface area contributed by atoms with Gasteiger partial charge in [0.2, 0.25) is 10.0 Å². The summed E-state index contributed by atoms with van der Waals surface area (Å²) in [6.07, 6.45) is 4.61. The minimum absolute atomic E-state index is 0.0684. The second kappa shape index (κ2) is 6.15. The first-order valence-corrected chi connectivity index (χ1v) is 7.94. The van der Waals surface area contributed by atoms with Gasteiger partial charge in [0.05, 0.1) is 24.3 Å². The zero-order valence-electron chi connectivity index (χ0n) is 11.4. The highest BCUT2D eigenvalue weighted by Gasteiger charge is 2.15.